The van der Waals surface area contributed by atoms with Gasteiger partial charge in [0.05, 0.1) is 0 Å². The summed E-state index contributed by atoms with van der Waals surface area (Å²) in [6.45, 7) is 6.71. The van der Waals surface area contributed by atoms with Crippen molar-refractivity contribution >= 4 is 17.9 Å². The van der Waals surface area contributed by atoms with Crippen LogP contribution in [0.2, 0.25) is 0 Å². The van der Waals surface area contributed by atoms with E-state index in [-0.39, 0.29) is 31.1 Å². The highest BCUT2D eigenvalue weighted by molar-refractivity contribution is 5.71. The molecule has 0 bridgehead atoms. The summed E-state index contributed by atoms with van der Waals surface area (Å²) < 4.78 is 17.0. The molecule has 0 radical (unpaired) electrons. The highest BCUT2D eigenvalue weighted by atomic mass is 16.6. The summed E-state index contributed by atoms with van der Waals surface area (Å²) in [5.74, 6) is -0.834. The van der Waals surface area contributed by atoms with E-state index in [0.29, 0.717) is 19.3 Å². The van der Waals surface area contributed by atoms with Crippen LogP contribution in [0.1, 0.15) is 367 Å². The second-order valence-corrected chi connectivity index (χ2v) is 22.0. The van der Waals surface area contributed by atoms with E-state index < -0.39 is 6.10 Å². The van der Waals surface area contributed by atoms with Crippen LogP contribution in [0.25, 0.3) is 0 Å². The van der Waals surface area contributed by atoms with Gasteiger partial charge in [-0.05, 0) is 44.9 Å². The minimum atomic E-state index is -0.766. The fourth-order valence-corrected chi connectivity index (χ4v) is 9.91. The maximum atomic E-state index is 12.9. The first-order valence-electron chi connectivity index (χ1n) is 32.2. The van der Waals surface area contributed by atoms with Crippen LogP contribution in [0, 0.1) is 0 Å². The van der Waals surface area contributed by atoms with Crippen LogP contribution < -0.4 is 0 Å². The van der Waals surface area contributed by atoms with Crippen molar-refractivity contribution in [1.29, 1.82) is 0 Å². The number of allylic oxidation sites excluding steroid dienone is 2. The molecule has 6 heteroatoms. The minimum absolute atomic E-state index is 0.0641. The van der Waals surface area contributed by atoms with Crippen molar-refractivity contribution in [3.8, 4) is 0 Å². The minimum Gasteiger partial charge on any atom is -0.462 e. The molecule has 6 nitrogen and oxygen atoms in total. The molecule has 0 aliphatic rings. The number of unbranched alkanes of at least 4 members (excludes halogenated alkanes) is 47. The number of ether oxygens (including phenoxy) is 3. The molecule has 0 aliphatic heterocycles. The van der Waals surface area contributed by atoms with Gasteiger partial charge in [-0.1, -0.05) is 315 Å². The molecule has 0 aliphatic carbocycles. The van der Waals surface area contributed by atoms with Gasteiger partial charge < -0.3 is 14.2 Å². The van der Waals surface area contributed by atoms with E-state index in [2.05, 4.69) is 32.9 Å². The van der Waals surface area contributed by atoms with E-state index in [1.165, 1.54) is 270 Å². The van der Waals surface area contributed by atoms with Gasteiger partial charge in [0.25, 0.3) is 0 Å². The Labute approximate surface area is 443 Å². The molecule has 0 aromatic rings. The third-order valence-electron chi connectivity index (χ3n) is 14.8. The zero-order valence-electron chi connectivity index (χ0n) is 48.3. The van der Waals surface area contributed by atoms with Gasteiger partial charge in [-0.25, -0.2) is 0 Å². The lowest BCUT2D eigenvalue weighted by molar-refractivity contribution is -0.167. The van der Waals surface area contributed by atoms with Crippen LogP contribution in [0.5, 0.6) is 0 Å². The van der Waals surface area contributed by atoms with Gasteiger partial charge in [0.15, 0.2) is 6.10 Å². The summed E-state index contributed by atoms with van der Waals surface area (Å²) in [7, 11) is 0. The Kier molecular flexibility index (Phi) is 59.1. The van der Waals surface area contributed by atoms with Crippen LogP contribution in [0.3, 0.4) is 0 Å². The van der Waals surface area contributed by atoms with E-state index in [1.807, 2.05) is 0 Å². The Bertz CT molecular complexity index is 1100. The van der Waals surface area contributed by atoms with Gasteiger partial charge in [0.2, 0.25) is 0 Å². The monoisotopic (exact) mass is 1000 g/mol. The second-order valence-electron chi connectivity index (χ2n) is 22.0. The molecule has 0 unspecified atom stereocenters. The molecule has 0 N–H and O–H groups in total. The molecule has 0 spiro atoms. The van der Waals surface area contributed by atoms with Crippen LogP contribution in [0.15, 0.2) is 12.2 Å². The van der Waals surface area contributed by atoms with Crippen LogP contribution in [-0.4, -0.2) is 37.2 Å². The molecule has 0 aromatic carbocycles. The van der Waals surface area contributed by atoms with E-state index >= 15 is 0 Å². The SMILES string of the molecule is CCCCCCCC/C=C\CCCCCCCCCCCC(=O)O[C@@H](COC(=O)CCCCCCCCCCCCCCCCC)COC(=O)CCCCCCCCCCCCCCCCCCCCC. The normalized spacial score (nSPS) is 12.0. The molecule has 0 amide bonds. The predicted molar refractivity (Wildman–Crippen MR) is 307 cm³/mol. The van der Waals surface area contributed by atoms with Gasteiger partial charge in [0.1, 0.15) is 13.2 Å². The molecule has 71 heavy (non-hydrogen) atoms. The third-order valence-corrected chi connectivity index (χ3v) is 14.8. The van der Waals surface area contributed by atoms with Crippen molar-refractivity contribution < 1.29 is 28.6 Å². The fraction of sp³-hybridized carbons (Fsp3) is 0.923. The highest BCUT2D eigenvalue weighted by Crippen LogP contribution is 2.18. The molecule has 0 saturated heterocycles. The summed E-state index contributed by atoms with van der Waals surface area (Å²) in [6.07, 6.45) is 70.7. The molecule has 0 fully saturated rings. The number of hydrogen-bond donors (Lipinski definition) is 0. The zero-order chi connectivity index (χ0) is 51.4. The van der Waals surface area contributed by atoms with Crippen molar-refractivity contribution in [1.82, 2.24) is 0 Å². The Morgan fingerprint density at radius 2 is 0.465 bits per heavy atom. The first-order valence-corrected chi connectivity index (χ1v) is 32.2. The molecule has 0 rings (SSSR count). The van der Waals surface area contributed by atoms with Gasteiger partial charge in [0, 0.05) is 19.3 Å². The summed E-state index contributed by atoms with van der Waals surface area (Å²) in [6, 6.07) is 0. The fourth-order valence-electron chi connectivity index (χ4n) is 9.91. The Morgan fingerprint density at radius 1 is 0.268 bits per heavy atom. The van der Waals surface area contributed by atoms with Gasteiger partial charge >= 0.3 is 17.9 Å². The molecule has 0 aromatic heterocycles. The smallest absolute Gasteiger partial charge is 0.306 e. The first-order chi connectivity index (χ1) is 35.0. The van der Waals surface area contributed by atoms with Crippen molar-refractivity contribution in [3.63, 3.8) is 0 Å². The molecule has 0 saturated carbocycles. The number of rotatable bonds is 60. The van der Waals surface area contributed by atoms with Crippen molar-refractivity contribution in [3.05, 3.63) is 12.2 Å². The molecular weight excluding hydrogens is 877 g/mol. The van der Waals surface area contributed by atoms with Crippen molar-refractivity contribution in [2.75, 3.05) is 13.2 Å². The van der Waals surface area contributed by atoms with E-state index in [0.717, 1.165) is 57.8 Å². The van der Waals surface area contributed by atoms with Crippen LogP contribution in [-0.2, 0) is 28.6 Å². The standard InChI is InChI=1S/C65H124O6/c1-4-7-10-13-16-19-22-25-28-30-32-34-37-40-43-46-49-52-55-58-64(67)70-61-62(60-69-63(66)57-54-51-48-45-42-39-36-27-24-21-18-15-12-9-6-3)71-65(68)59-56-53-50-47-44-41-38-35-33-31-29-26-23-20-17-14-11-8-5-2/h26,29,62H,4-25,27-28,30-61H2,1-3H3/b29-26-/t62-/m0/s1. The third kappa shape index (κ3) is 58.9. The predicted octanol–water partition coefficient (Wildman–Crippen LogP) is 21.7. The maximum Gasteiger partial charge on any atom is 0.306 e. The quantitative estimate of drug-likeness (QED) is 0.0261. The lowest BCUT2D eigenvalue weighted by atomic mass is 10.0. The van der Waals surface area contributed by atoms with Crippen molar-refractivity contribution in [2.45, 2.75) is 374 Å². The Hall–Kier alpha value is -1.85. The number of esters is 3. The number of carbonyl (C=O) groups is 3. The summed E-state index contributed by atoms with van der Waals surface area (Å²) in [5.41, 5.74) is 0. The highest BCUT2D eigenvalue weighted by Gasteiger charge is 2.19. The Balaban J connectivity index is 4.29. The van der Waals surface area contributed by atoms with Crippen molar-refractivity contribution in [2.24, 2.45) is 0 Å². The largest absolute Gasteiger partial charge is 0.462 e. The van der Waals surface area contributed by atoms with Gasteiger partial charge in [-0.3, -0.25) is 14.4 Å². The molecule has 0 heterocycles. The lowest BCUT2D eigenvalue weighted by Gasteiger charge is -2.18. The number of hydrogen-bond acceptors (Lipinski definition) is 6. The average Bonchev–Trinajstić information content (AvgIpc) is 3.37. The van der Waals surface area contributed by atoms with Gasteiger partial charge in [-0.2, -0.15) is 0 Å². The van der Waals surface area contributed by atoms with Crippen LogP contribution in [0.4, 0.5) is 0 Å². The molecule has 420 valence electrons. The van der Waals surface area contributed by atoms with Crippen LogP contribution >= 0.6 is 0 Å². The van der Waals surface area contributed by atoms with E-state index in [9.17, 15) is 14.4 Å². The summed E-state index contributed by atoms with van der Waals surface area (Å²) in [4.78, 5) is 38.3. The molecule has 1 atom stereocenters. The second kappa shape index (κ2) is 60.7. The lowest BCUT2D eigenvalue weighted by Crippen LogP contribution is -2.30. The molecular formula is C65H124O6. The maximum absolute atomic E-state index is 12.9. The number of carbonyl (C=O) groups excluding carboxylic acids is 3. The van der Waals surface area contributed by atoms with Gasteiger partial charge in [-0.15, -0.1) is 0 Å². The van der Waals surface area contributed by atoms with E-state index in [4.69, 9.17) is 14.2 Å². The first kappa shape index (κ1) is 69.2. The average molecular weight is 1000 g/mol. The zero-order valence-corrected chi connectivity index (χ0v) is 48.3. The summed E-state index contributed by atoms with van der Waals surface area (Å²) >= 11 is 0. The Morgan fingerprint density at radius 3 is 0.704 bits per heavy atom. The van der Waals surface area contributed by atoms with E-state index in [1.54, 1.807) is 0 Å². The topological polar surface area (TPSA) is 78.9 Å². The summed E-state index contributed by atoms with van der Waals surface area (Å²) in [5, 5.41) is 0.